The molecule has 1 rings (SSSR count). The second kappa shape index (κ2) is 4.74. The number of rotatable bonds is 4. The van der Waals surface area contributed by atoms with Crippen LogP contribution in [0, 0.1) is 0 Å². The van der Waals surface area contributed by atoms with Crippen LogP contribution in [-0.2, 0) is 10.0 Å². The highest BCUT2D eigenvalue weighted by Gasteiger charge is 2.10. The van der Waals surface area contributed by atoms with Crippen molar-refractivity contribution >= 4 is 26.0 Å². The number of hydrogen-bond donors (Lipinski definition) is 1. The average Bonchev–Trinajstić information content (AvgIpc) is 2.16. The zero-order chi connectivity index (χ0) is 9.73. The maximum atomic E-state index is 11.5. The lowest BCUT2D eigenvalue weighted by atomic mass is 10.4. The number of benzene rings is 1. The van der Waals surface area contributed by atoms with Gasteiger partial charge in [-0.15, -0.1) is 0 Å². The minimum Gasteiger partial charge on any atom is -0.210 e. The molecule has 1 aromatic rings. The molecular weight excluding hydrogens is 254 g/mol. The van der Waals surface area contributed by atoms with E-state index in [0.29, 0.717) is 16.8 Å². The lowest BCUT2D eigenvalue weighted by Gasteiger charge is -2.03. The zero-order valence-electron chi connectivity index (χ0n) is 6.90. The predicted molar refractivity (Wildman–Crippen MR) is 55.4 cm³/mol. The summed E-state index contributed by atoms with van der Waals surface area (Å²) < 4.78 is 25.4. The van der Waals surface area contributed by atoms with Gasteiger partial charge in [-0.3, -0.25) is 0 Å². The first-order chi connectivity index (χ1) is 6.17. The maximum absolute atomic E-state index is 11.5. The van der Waals surface area contributed by atoms with Crippen molar-refractivity contribution in [2.45, 2.75) is 4.90 Å². The van der Waals surface area contributed by atoms with Crippen LogP contribution in [-0.4, -0.2) is 20.3 Å². The van der Waals surface area contributed by atoms with Crippen molar-refractivity contribution in [3.8, 4) is 0 Å². The number of hydrogen-bond acceptors (Lipinski definition) is 2. The Hall–Kier alpha value is -0.390. The van der Waals surface area contributed by atoms with Crippen LogP contribution < -0.4 is 4.72 Å². The summed E-state index contributed by atoms with van der Waals surface area (Å²) in [7, 11) is -3.30. The summed E-state index contributed by atoms with van der Waals surface area (Å²) in [6.45, 7) is 0.400. The van der Waals surface area contributed by atoms with E-state index < -0.39 is 10.0 Å². The molecule has 0 atom stereocenters. The summed E-state index contributed by atoms with van der Waals surface area (Å²) in [5.74, 6) is 0. The topological polar surface area (TPSA) is 46.2 Å². The minimum absolute atomic E-state index is 0.302. The molecule has 13 heavy (non-hydrogen) atoms. The van der Waals surface area contributed by atoms with Crippen LogP contribution in [0.5, 0.6) is 0 Å². The van der Waals surface area contributed by atoms with Gasteiger partial charge in [0.05, 0.1) is 4.90 Å². The van der Waals surface area contributed by atoms with Gasteiger partial charge in [0.25, 0.3) is 0 Å². The van der Waals surface area contributed by atoms with E-state index in [-0.39, 0.29) is 0 Å². The van der Waals surface area contributed by atoms with Crippen LogP contribution in [0.15, 0.2) is 35.2 Å². The Balaban J connectivity index is 2.83. The highest BCUT2D eigenvalue weighted by atomic mass is 79.9. The second-order valence-corrected chi connectivity index (χ2v) is 4.96. The Kier molecular flexibility index (Phi) is 3.90. The van der Waals surface area contributed by atoms with Crippen LogP contribution in [0.1, 0.15) is 0 Å². The fraction of sp³-hybridized carbons (Fsp3) is 0.250. The molecule has 72 valence electrons. The quantitative estimate of drug-likeness (QED) is 0.834. The fourth-order valence-electron chi connectivity index (χ4n) is 0.856. The molecule has 1 N–H and O–H groups in total. The zero-order valence-corrected chi connectivity index (χ0v) is 9.31. The van der Waals surface area contributed by atoms with Crippen LogP contribution in [0.3, 0.4) is 0 Å². The molecule has 0 radical (unpaired) electrons. The van der Waals surface area contributed by atoms with Gasteiger partial charge in [0.15, 0.2) is 0 Å². The van der Waals surface area contributed by atoms with Gasteiger partial charge in [-0.1, -0.05) is 34.1 Å². The third-order valence-corrected chi connectivity index (χ3v) is 3.31. The Bertz CT molecular complexity index is 350. The van der Waals surface area contributed by atoms with E-state index in [1.807, 2.05) is 0 Å². The smallest absolute Gasteiger partial charge is 0.210 e. The third-order valence-electron chi connectivity index (χ3n) is 1.44. The molecule has 0 unspecified atom stereocenters. The lowest BCUT2D eigenvalue weighted by molar-refractivity contribution is 0.584. The van der Waals surface area contributed by atoms with E-state index in [1.165, 1.54) is 0 Å². The third kappa shape index (κ3) is 3.10. The summed E-state index contributed by atoms with van der Waals surface area (Å²) in [5, 5.41) is 0.610. The Labute approximate surface area is 86.3 Å². The van der Waals surface area contributed by atoms with E-state index in [2.05, 4.69) is 20.7 Å². The Morgan fingerprint density at radius 2 is 1.85 bits per heavy atom. The molecule has 0 amide bonds. The largest absolute Gasteiger partial charge is 0.240 e. The van der Waals surface area contributed by atoms with Crippen molar-refractivity contribution in [2.24, 2.45) is 0 Å². The number of sulfonamides is 1. The molecular formula is C8H10BrNO2S. The highest BCUT2D eigenvalue weighted by Crippen LogP contribution is 2.06. The second-order valence-electron chi connectivity index (χ2n) is 2.40. The van der Waals surface area contributed by atoms with Crippen LogP contribution in [0.25, 0.3) is 0 Å². The van der Waals surface area contributed by atoms with Crippen molar-refractivity contribution in [3.63, 3.8) is 0 Å². The van der Waals surface area contributed by atoms with Crippen LogP contribution in [0.4, 0.5) is 0 Å². The summed E-state index contributed by atoms with van der Waals surface area (Å²) in [5.41, 5.74) is 0. The van der Waals surface area contributed by atoms with E-state index in [4.69, 9.17) is 0 Å². The van der Waals surface area contributed by atoms with Crippen molar-refractivity contribution < 1.29 is 8.42 Å². The van der Waals surface area contributed by atoms with Crippen molar-refractivity contribution in [3.05, 3.63) is 30.3 Å². The number of nitrogens with one attached hydrogen (secondary N) is 1. The van der Waals surface area contributed by atoms with Gasteiger partial charge in [0.1, 0.15) is 0 Å². The summed E-state index contributed by atoms with van der Waals surface area (Å²) in [6, 6.07) is 8.31. The normalized spacial score (nSPS) is 11.5. The molecule has 1 aromatic carbocycles. The molecule has 0 aliphatic carbocycles. The van der Waals surface area contributed by atoms with E-state index in [0.717, 1.165) is 0 Å². The van der Waals surface area contributed by atoms with Crippen LogP contribution >= 0.6 is 15.9 Å². The molecule has 0 fully saturated rings. The number of halogens is 1. The van der Waals surface area contributed by atoms with Crippen molar-refractivity contribution in [1.29, 1.82) is 0 Å². The summed E-state index contributed by atoms with van der Waals surface area (Å²) in [4.78, 5) is 0.302. The van der Waals surface area contributed by atoms with Gasteiger partial charge in [0, 0.05) is 11.9 Å². The van der Waals surface area contributed by atoms with Gasteiger partial charge < -0.3 is 0 Å². The van der Waals surface area contributed by atoms with Gasteiger partial charge >= 0.3 is 0 Å². The highest BCUT2D eigenvalue weighted by molar-refractivity contribution is 9.09. The van der Waals surface area contributed by atoms with Crippen molar-refractivity contribution in [2.75, 3.05) is 11.9 Å². The first-order valence-corrected chi connectivity index (χ1v) is 6.38. The van der Waals surface area contributed by atoms with E-state index in [1.54, 1.807) is 30.3 Å². The molecule has 0 saturated heterocycles. The summed E-state index contributed by atoms with van der Waals surface area (Å²) in [6.07, 6.45) is 0. The van der Waals surface area contributed by atoms with Crippen molar-refractivity contribution in [1.82, 2.24) is 4.72 Å². The van der Waals surface area contributed by atoms with E-state index in [9.17, 15) is 8.42 Å². The lowest BCUT2D eigenvalue weighted by Crippen LogP contribution is -2.25. The molecule has 0 heterocycles. The number of alkyl halides is 1. The SMILES string of the molecule is O=S(=O)(NCCBr)c1ccccc1. The molecule has 0 aliphatic rings. The molecule has 0 aromatic heterocycles. The first-order valence-electron chi connectivity index (χ1n) is 3.77. The van der Waals surface area contributed by atoms with E-state index >= 15 is 0 Å². The molecule has 0 aliphatic heterocycles. The molecule has 3 nitrogen and oxygen atoms in total. The summed E-state index contributed by atoms with van der Waals surface area (Å²) >= 11 is 3.15. The van der Waals surface area contributed by atoms with Gasteiger partial charge in [-0.2, -0.15) is 0 Å². The van der Waals surface area contributed by atoms with Crippen LogP contribution in [0.2, 0.25) is 0 Å². The standard InChI is InChI=1S/C8H10BrNO2S/c9-6-7-10-13(11,12)8-4-2-1-3-5-8/h1-5,10H,6-7H2. The molecule has 0 saturated carbocycles. The maximum Gasteiger partial charge on any atom is 0.240 e. The fourth-order valence-corrected chi connectivity index (χ4v) is 2.37. The van der Waals surface area contributed by atoms with Gasteiger partial charge in [-0.05, 0) is 12.1 Å². The molecule has 0 spiro atoms. The molecule has 0 bridgehead atoms. The van der Waals surface area contributed by atoms with Gasteiger partial charge in [0.2, 0.25) is 10.0 Å². The Morgan fingerprint density at radius 3 is 2.38 bits per heavy atom. The monoisotopic (exact) mass is 263 g/mol. The van der Waals surface area contributed by atoms with Gasteiger partial charge in [-0.25, -0.2) is 13.1 Å². The average molecular weight is 264 g/mol. The molecule has 5 heteroatoms. The first kappa shape index (κ1) is 10.7. The predicted octanol–water partition coefficient (Wildman–Crippen LogP) is 1.36. The minimum atomic E-state index is -3.30. The Morgan fingerprint density at radius 1 is 1.23 bits per heavy atom.